The van der Waals surface area contributed by atoms with Crippen molar-refractivity contribution in [1.82, 2.24) is 4.90 Å². The minimum atomic E-state index is -1.14. The van der Waals surface area contributed by atoms with Crippen molar-refractivity contribution in [3.8, 4) is 0 Å². The average molecular weight is 372 g/mol. The number of hydrogen-bond acceptors (Lipinski definition) is 4. The van der Waals surface area contributed by atoms with Gasteiger partial charge in [-0.25, -0.2) is 4.79 Å². The first-order chi connectivity index (χ1) is 12.6. The maximum absolute atomic E-state index is 12.7. The first-order valence-corrected chi connectivity index (χ1v) is 9.01. The number of likely N-dealkylation sites (tertiary alicyclic amines) is 1. The Morgan fingerprint density at radius 2 is 2.00 bits per heavy atom. The van der Waals surface area contributed by atoms with Crippen LogP contribution in [0.2, 0.25) is 0 Å². The van der Waals surface area contributed by atoms with Crippen LogP contribution in [-0.2, 0) is 9.59 Å². The molecule has 144 valence electrons. The number of anilines is 1. The van der Waals surface area contributed by atoms with Crippen molar-refractivity contribution in [1.29, 1.82) is 0 Å². The molecule has 1 atom stereocenters. The molecule has 2 aromatic rings. The molecule has 2 amide bonds. The Bertz CT molecular complexity index is 893. The number of benzene rings is 1. The molecule has 1 unspecified atom stereocenters. The molecular formula is C20H24N2O5. The summed E-state index contributed by atoms with van der Waals surface area (Å²) in [6.45, 7) is 6.60. The smallest absolute Gasteiger partial charge is 0.371 e. The van der Waals surface area contributed by atoms with Crippen molar-refractivity contribution in [3.63, 3.8) is 0 Å². The van der Waals surface area contributed by atoms with E-state index < -0.39 is 12.0 Å². The molecule has 7 heteroatoms. The number of furan rings is 1. The molecule has 27 heavy (non-hydrogen) atoms. The Hall–Kier alpha value is -2.83. The number of hydrogen-bond donors (Lipinski definition) is 2. The maximum atomic E-state index is 12.7. The summed E-state index contributed by atoms with van der Waals surface area (Å²) >= 11 is 0. The Morgan fingerprint density at radius 1 is 1.26 bits per heavy atom. The highest BCUT2D eigenvalue weighted by atomic mass is 16.4. The van der Waals surface area contributed by atoms with E-state index in [-0.39, 0.29) is 23.0 Å². The molecule has 0 spiro atoms. The predicted octanol–water partition coefficient (Wildman–Crippen LogP) is 3.50. The Balaban J connectivity index is 1.73. The van der Waals surface area contributed by atoms with E-state index in [0.717, 1.165) is 6.42 Å². The van der Waals surface area contributed by atoms with E-state index in [0.29, 0.717) is 36.0 Å². The molecule has 1 fully saturated rings. The molecule has 1 aromatic heterocycles. The van der Waals surface area contributed by atoms with Gasteiger partial charge in [0.25, 0.3) is 0 Å². The molecule has 1 saturated heterocycles. The number of carbonyl (C=O) groups is 3. The van der Waals surface area contributed by atoms with E-state index in [1.807, 2.05) is 20.8 Å². The van der Waals surface area contributed by atoms with Gasteiger partial charge >= 0.3 is 5.97 Å². The number of aromatic carboxylic acids is 1. The maximum Gasteiger partial charge on any atom is 0.371 e. The fourth-order valence-electron chi connectivity index (χ4n) is 3.35. The van der Waals surface area contributed by atoms with E-state index >= 15 is 0 Å². The number of carboxylic acids is 1. The average Bonchev–Trinajstić information content (AvgIpc) is 3.19. The summed E-state index contributed by atoms with van der Waals surface area (Å²) < 4.78 is 5.22. The van der Waals surface area contributed by atoms with Gasteiger partial charge in [-0.15, -0.1) is 0 Å². The summed E-state index contributed by atoms with van der Waals surface area (Å²) in [5.74, 6) is -1.52. The van der Waals surface area contributed by atoms with E-state index in [9.17, 15) is 14.4 Å². The van der Waals surface area contributed by atoms with Crippen molar-refractivity contribution in [2.24, 2.45) is 5.41 Å². The van der Waals surface area contributed by atoms with Crippen LogP contribution in [-0.4, -0.2) is 40.4 Å². The number of nitrogens with zero attached hydrogens (tertiary/aromatic N) is 1. The number of carboxylic acid groups (broad SMARTS) is 1. The second kappa shape index (κ2) is 7.06. The third kappa shape index (κ3) is 4.30. The fourth-order valence-corrected chi connectivity index (χ4v) is 3.35. The van der Waals surface area contributed by atoms with Crippen molar-refractivity contribution >= 4 is 34.4 Å². The van der Waals surface area contributed by atoms with Crippen LogP contribution in [0.1, 0.15) is 50.6 Å². The number of carbonyl (C=O) groups excluding carboxylic acids is 2. The molecule has 1 aromatic carbocycles. The Morgan fingerprint density at radius 3 is 2.67 bits per heavy atom. The molecule has 0 radical (unpaired) electrons. The second-order valence-electron chi connectivity index (χ2n) is 8.14. The van der Waals surface area contributed by atoms with Crippen LogP contribution < -0.4 is 5.32 Å². The van der Waals surface area contributed by atoms with Crippen LogP contribution in [0.5, 0.6) is 0 Å². The van der Waals surface area contributed by atoms with Crippen LogP contribution in [0.25, 0.3) is 11.0 Å². The van der Waals surface area contributed by atoms with Gasteiger partial charge in [-0.05, 0) is 42.5 Å². The van der Waals surface area contributed by atoms with Gasteiger partial charge in [0.15, 0.2) is 0 Å². The second-order valence-corrected chi connectivity index (χ2v) is 8.14. The highest BCUT2D eigenvalue weighted by Gasteiger charge is 2.35. The molecule has 0 aliphatic carbocycles. The van der Waals surface area contributed by atoms with Gasteiger partial charge in [-0.1, -0.05) is 20.8 Å². The first-order valence-electron chi connectivity index (χ1n) is 9.01. The van der Waals surface area contributed by atoms with Gasteiger partial charge in [-0.3, -0.25) is 9.59 Å². The van der Waals surface area contributed by atoms with Crippen molar-refractivity contribution < 1.29 is 23.9 Å². The zero-order valence-electron chi connectivity index (χ0n) is 15.7. The standard InChI is InChI=1S/C20H24N2O5/c1-20(2,3)11-17(23)22-8-4-5-14(22)18(24)21-13-6-7-15-12(9-13)10-16(27-15)19(25)26/h6-7,9-10,14H,4-5,8,11H2,1-3H3,(H,21,24)(H,25,26). The molecule has 2 N–H and O–H groups in total. The highest BCUT2D eigenvalue weighted by Crippen LogP contribution is 2.27. The first kappa shape index (κ1) is 18.9. The SMILES string of the molecule is CC(C)(C)CC(=O)N1CCCC1C(=O)Nc1ccc2oc(C(=O)O)cc2c1. The molecule has 0 bridgehead atoms. The third-order valence-electron chi connectivity index (χ3n) is 4.55. The Kier molecular flexibility index (Phi) is 4.95. The van der Waals surface area contributed by atoms with E-state index in [4.69, 9.17) is 9.52 Å². The highest BCUT2D eigenvalue weighted by molar-refractivity contribution is 5.99. The van der Waals surface area contributed by atoms with Crippen molar-refractivity contribution in [2.75, 3.05) is 11.9 Å². The van der Waals surface area contributed by atoms with Crippen LogP contribution >= 0.6 is 0 Å². The minimum absolute atomic E-state index is 0.00321. The van der Waals surface area contributed by atoms with Gasteiger partial charge in [0.05, 0.1) is 0 Å². The lowest BCUT2D eigenvalue weighted by molar-refractivity contribution is -0.138. The lowest BCUT2D eigenvalue weighted by atomic mass is 9.91. The molecule has 3 rings (SSSR count). The van der Waals surface area contributed by atoms with Gasteiger partial charge < -0.3 is 19.7 Å². The van der Waals surface area contributed by atoms with Crippen molar-refractivity contribution in [3.05, 3.63) is 30.0 Å². The van der Waals surface area contributed by atoms with Crippen LogP contribution in [0.3, 0.4) is 0 Å². The number of amides is 2. The number of rotatable bonds is 4. The molecule has 2 heterocycles. The molecule has 1 aliphatic heterocycles. The molecule has 1 aliphatic rings. The summed E-state index contributed by atoms with van der Waals surface area (Å²) in [5, 5.41) is 12.4. The lowest BCUT2D eigenvalue weighted by Gasteiger charge is -2.27. The van der Waals surface area contributed by atoms with Gasteiger partial charge in [0, 0.05) is 24.0 Å². The fraction of sp³-hybridized carbons (Fsp3) is 0.450. The molecule has 7 nitrogen and oxygen atoms in total. The number of fused-ring (bicyclic) bond motifs is 1. The van der Waals surface area contributed by atoms with Gasteiger partial charge in [0.1, 0.15) is 11.6 Å². The van der Waals surface area contributed by atoms with Crippen LogP contribution in [0.15, 0.2) is 28.7 Å². The predicted molar refractivity (Wildman–Crippen MR) is 101 cm³/mol. The van der Waals surface area contributed by atoms with E-state index in [2.05, 4.69) is 5.32 Å². The summed E-state index contributed by atoms with van der Waals surface area (Å²) in [7, 11) is 0. The summed E-state index contributed by atoms with van der Waals surface area (Å²) in [6, 6.07) is 5.89. The summed E-state index contributed by atoms with van der Waals surface area (Å²) in [4.78, 5) is 37.9. The topological polar surface area (TPSA) is 99.9 Å². The van der Waals surface area contributed by atoms with Crippen molar-refractivity contribution in [2.45, 2.75) is 46.1 Å². The zero-order valence-corrected chi connectivity index (χ0v) is 15.7. The Labute approximate surface area is 157 Å². The lowest BCUT2D eigenvalue weighted by Crippen LogP contribution is -2.44. The largest absolute Gasteiger partial charge is 0.475 e. The van der Waals surface area contributed by atoms with Gasteiger partial charge in [-0.2, -0.15) is 0 Å². The van der Waals surface area contributed by atoms with E-state index in [1.165, 1.54) is 6.07 Å². The molecular weight excluding hydrogens is 348 g/mol. The molecule has 0 saturated carbocycles. The van der Waals surface area contributed by atoms with Crippen LogP contribution in [0.4, 0.5) is 5.69 Å². The van der Waals surface area contributed by atoms with Crippen LogP contribution in [0, 0.1) is 5.41 Å². The third-order valence-corrected chi connectivity index (χ3v) is 4.55. The summed E-state index contributed by atoms with van der Waals surface area (Å²) in [5.41, 5.74) is 0.850. The minimum Gasteiger partial charge on any atom is -0.475 e. The zero-order chi connectivity index (χ0) is 19.8. The van der Waals surface area contributed by atoms with Gasteiger partial charge in [0.2, 0.25) is 17.6 Å². The monoisotopic (exact) mass is 372 g/mol. The summed E-state index contributed by atoms with van der Waals surface area (Å²) in [6.07, 6.45) is 1.84. The van der Waals surface area contributed by atoms with E-state index in [1.54, 1.807) is 23.1 Å². The normalized spacial score (nSPS) is 17.3. The number of nitrogens with one attached hydrogen (secondary N) is 1. The quantitative estimate of drug-likeness (QED) is 0.856.